The number of hydrogen-bond acceptors (Lipinski definition) is 4. The molecule has 4 aromatic rings. The van der Waals surface area contributed by atoms with Crippen molar-refractivity contribution in [3.63, 3.8) is 0 Å². The first-order valence-electron chi connectivity index (χ1n) is 8.66. The molecule has 0 radical (unpaired) electrons. The predicted octanol–water partition coefficient (Wildman–Crippen LogP) is 4.78. The molecule has 2 amide bonds. The van der Waals surface area contributed by atoms with E-state index >= 15 is 0 Å². The average Bonchev–Trinajstić information content (AvgIpc) is 3.40. The van der Waals surface area contributed by atoms with Gasteiger partial charge in [0, 0.05) is 16.9 Å². The van der Waals surface area contributed by atoms with E-state index in [0.29, 0.717) is 16.9 Å². The van der Waals surface area contributed by atoms with Gasteiger partial charge in [-0.2, -0.15) is 5.10 Å². The van der Waals surface area contributed by atoms with Gasteiger partial charge < -0.3 is 10.6 Å². The summed E-state index contributed by atoms with van der Waals surface area (Å²) in [5.74, 6) is -1.25. The topological polar surface area (TPSA) is 86.9 Å². The summed E-state index contributed by atoms with van der Waals surface area (Å²) in [5.41, 5.74) is 2.12. The number of aromatic nitrogens is 2. The van der Waals surface area contributed by atoms with E-state index in [1.807, 2.05) is 17.5 Å². The number of carbonyl (C=O) groups excluding carboxylic acids is 2. The highest BCUT2D eigenvalue weighted by molar-refractivity contribution is 7.13. The molecule has 0 aliphatic heterocycles. The van der Waals surface area contributed by atoms with E-state index in [9.17, 15) is 14.0 Å². The van der Waals surface area contributed by atoms with Gasteiger partial charge in [0.15, 0.2) is 5.69 Å². The van der Waals surface area contributed by atoms with Crippen LogP contribution in [0.25, 0.3) is 10.6 Å². The molecule has 144 valence electrons. The molecule has 0 spiro atoms. The van der Waals surface area contributed by atoms with Gasteiger partial charge in [0.1, 0.15) is 5.82 Å². The molecule has 0 saturated carbocycles. The molecule has 2 aromatic carbocycles. The van der Waals surface area contributed by atoms with E-state index in [1.54, 1.807) is 47.7 Å². The van der Waals surface area contributed by atoms with Crippen molar-refractivity contribution in [2.75, 3.05) is 10.6 Å². The van der Waals surface area contributed by atoms with Gasteiger partial charge in [-0.1, -0.05) is 18.2 Å². The van der Waals surface area contributed by atoms with E-state index in [4.69, 9.17) is 0 Å². The van der Waals surface area contributed by atoms with Crippen LogP contribution in [0.2, 0.25) is 0 Å². The fourth-order valence-electron chi connectivity index (χ4n) is 2.70. The molecule has 2 heterocycles. The summed E-state index contributed by atoms with van der Waals surface area (Å²) in [6, 6.07) is 17.6. The molecule has 0 unspecified atom stereocenters. The van der Waals surface area contributed by atoms with Crippen molar-refractivity contribution in [2.24, 2.45) is 0 Å². The lowest BCUT2D eigenvalue weighted by Gasteiger charge is -2.08. The number of hydrogen-bond donors (Lipinski definition) is 3. The first kappa shape index (κ1) is 18.6. The standard InChI is InChI=1S/C21H15FN4O2S/c22-14-5-2-7-16(11-14)23-20(27)13-4-1-6-15(10-13)24-21(28)18-12-17(25-26-18)19-8-3-9-29-19/h1-12H,(H,23,27)(H,24,28)(H,25,26). The van der Waals surface area contributed by atoms with Gasteiger partial charge in [-0.25, -0.2) is 4.39 Å². The summed E-state index contributed by atoms with van der Waals surface area (Å²) in [6.45, 7) is 0. The SMILES string of the molecule is O=C(Nc1cccc(F)c1)c1cccc(NC(=O)c2cc(-c3cccs3)[nH]n2)c1. The van der Waals surface area contributed by atoms with Crippen LogP contribution in [-0.2, 0) is 0 Å². The van der Waals surface area contributed by atoms with Crippen LogP contribution in [-0.4, -0.2) is 22.0 Å². The summed E-state index contributed by atoms with van der Waals surface area (Å²) in [4.78, 5) is 25.9. The summed E-state index contributed by atoms with van der Waals surface area (Å²) >= 11 is 1.54. The lowest BCUT2D eigenvalue weighted by Crippen LogP contribution is -2.15. The molecule has 8 heteroatoms. The van der Waals surface area contributed by atoms with Crippen molar-refractivity contribution in [2.45, 2.75) is 0 Å². The minimum atomic E-state index is -0.440. The minimum Gasteiger partial charge on any atom is -0.322 e. The number of benzene rings is 2. The molecule has 3 N–H and O–H groups in total. The Morgan fingerprint density at radius 3 is 2.41 bits per heavy atom. The number of nitrogens with zero attached hydrogens (tertiary/aromatic N) is 1. The Morgan fingerprint density at radius 1 is 0.897 bits per heavy atom. The summed E-state index contributed by atoms with van der Waals surface area (Å²) in [5, 5.41) is 14.2. The fourth-order valence-corrected chi connectivity index (χ4v) is 3.39. The largest absolute Gasteiger partial charge is 0.322 e. The van der Waals surface area contributed by atoms with E-state index < -0.39 is 17.6 Å². The minimum absolute atomic E-state index is 0.239. The maximum atomic E-state index is 13.3. The number of rotatable bonds is 5. The Hall–Kier alpha value is -3.78. The molecule has 0 aliphatic carbocycles. The van der Waals surface area contributed by atoms with Crippen molar-refractivity contribution in [1.29, 1.82) is 0 Å². The lowest BCUT2D eigenvalue weighted by molar-refractivity contribution is 0.101. The van der Waals surface area contributed by atoms with E-state index in [2.05, 4.69) is 20.8 Å². The molecular formula is C21H15FN4O2S. The van der Waals surface area contributed by atoms with Crippen LogP contribution < -0.4 is 10.6 Å². The zero-order valence-corrected chi connectivity index (χ0v) is 15.8. The molecule has 0 bridgehead atoms. The van der Waals surface area contributed by atoms with Gasteiger partial charge in [-0.05, 0) is 53.9 Å². The average molecular weight is 406 g/mol. The van der Waals surface area contributed by atoms with Crippen LogP contribution in [0, 0.1) is 5.82 Å². The first-order valence-corrected chi connectivity index (χ1v) is 9.54. The zero-order valence-electron chi connectivity index (χ0n) is 15.0. The highest BCUT2D eigenvalue weighted by atomic mass is 32.1. The van der Waals surface area contributed by atoms with Crippen LogP contribution in [0.3, 0.4) is 0 Å². The molecule has 0 fully saturated rings. The molecule has 2 aromatic heterocycles. The maximum Gasteiger partial charge on any atom is 0.276 e. The number of H-pyrrole nitrogens is 1. The van der Waals surface area contributed by atoms with Crippen molar-refractivity contribution in [3.8, 4) is 10.6 Å². The Kier molecular flexibility index (Phi) is 5.17. The van der Waals surface area contributed by atoms with Crippen molar-refractivity contribution < 1.29 is 14.0 Å². The molecule has 0 atom stereocenters. The van der Waals surface area contributed by atoms with Crippen LogP contribution in [0.4, 0.5) is 15.8 Å². The third kappa shape index (κ3) is 4.39. The van der Waals surface area contributed by atoms with Crippen LogP contribution in [0.1, 0.15) is 20.8 Å². The normalized spacial score (nSPS) is 10.5. The summed E-state index contributed by atoms with van der Waals surface area (Å²) < 4.78 is 13.3. The number of thiophene rings is 1. The highest BCUT2D eigenvalue weighted by Crippen LogP contribution is 2.23. The van der Waals surface area contributed by atoms with Gasteiger partial charge in [0.25, 0.3) is 11.8 Å². The fraction of sp³-hybridized carbons (Fsp3) is 0. The second kappa shape index (κ2) is 8.07. The predicted molar refractivity (Wildman–Crippen MR) is 111 cm³/mol. The molecule has 0 saturated heterocycles. The van der Waals surface area contributed by atoms with Crippen LogP contribution >= 0.6 is 11.3 Å². The van der Waals surface area contributed by atoms with Gasteiger partial charge in [0.05, 0.1) is 10.6 Å². The summed E-state index contributed by atoms with van der Waals surface area (Å²) in [6.07, 6.45) is 0. The van der Waals surface area contributed by atoms with Crippen LogP contribution in [0.5, 0.6) is 0 Å². The van der Waals surface area contributed by atoms with Crippen molar-refractivity contribution >= 4 is 34.5 Å². The molecule has 29 heavy (non-hydrogen) atoms. The maximum absolute atomic E-state index is 13.3. The van der Waals surface area contributed by atoms with Crippen molar-refractivity contribution in [3.05, 3.63) is 89.2 Å². The first-order chi connectivity index (χ1) is 14.1. The van der Waals surface area contributed by atoms with Gasteiger partial charge in [0.2, 0.25) is 0 Å². The third-order valence-electron chi connectivity index (χ3n) is 4.06. The number of aromatic amines is 1. The number of carbonyl (C=O) groups is 2. The number of nitrogens with one attached hydrogen (secondary N) is 3. The van der Waals surface area contributed by atoms with E-state index in [-0.39, 0.29) is 5.69 Å². The molecular weight excluding hydrogens is 391 g/mol. The Morgan fingerprint density at radius 2 is 1.66 bits per heavy atom. The molecule has 0 aliphatic rings. The smallest absolute Gasteiger partial charge is 0.276 e. The van der Waals surface area contributed by atoms with Gasteiger partial charge in [-0.3, -0.25) is 14.7 Å². The molecule has 4 rings (SSSR count). The lowest BCUT2D eigenvalue weighted by atomic mass is 10.1. The highest BCUT2D eigenvalue weighted by Gasteiger charge is 2.13. The Labute approximate surface area is 169 Å². The zero-order chi connectivity index (χ0) is 20.2. The van der Waals surface area contributed by atoms with Crippen molar-refractivity contribution in [1.82, 2.24) is 10.2 Å². The third-order valence-corrected chi connectivity index (χ3v) is 4.97. The van der Waals surface area contributed by atoms with Crippen LogP contribution in [0.15, 0.2) is 72.1 Å². The number of amides is 2. The number of halogens is 1. The quantitative estimate of drug-likeness (QED) is 0.446. The Bertz CT molecular complexity index is 1170. The Balaban J connectivity index is 1.46. The summed E-state index contributed by atoms with van der Waals surface area (Å²) in [7, 11) is 0. The van der Waals surface area contributed by atoms with Gasteiger partial charge >= 0.3 is 0 Å². The second-order valence-electron chi connectivity index (χ2n) is 6.14. The number of anilines is 2. The molecule has 6 nitrogen and oxygen atoms in total. The second-order valence-corrected chi connectivity index (χ2v) is 7.09. The van der Waals surface area contributed by atoms with E-state index in [1.165, 1.54) is 18.2 Å². The monoisotopic (exact) mass is 406 g/mol. The van der Waals surface area contributed by atoms with E-state index in [0.717, 1.165) is 10.6 Å². The van der Waals surface area contributed by atoms with Gasteiger partial charge in [-0.15, -0.1) is 11.3 Å².